The first kappa shape index (κ1) is 11.5. The molecule has 2 rings (SSSR count). The molecule has 1 heterocycles. The predicted octanol–water partition coefficient (Wildman–Crippen LogP) is 2.46. The third-order valence-corrected chi connectivity index (χ3v) is 2.35. The smallest absolute Gasteiger partial charge is 0.105 e. The molecule has 0 spiro atoms. The highest BCUT2D eigenvalue weighted by molar-refractivity contribution is 5.33. The molecule has 0 saturated heterocycles. The number of furan rings is 1. The second kappa shape index (κ2) is 6.57. The summed E-state index contributed by atoms with van der Waals surface area (Å²) >= 11 is 0. The Morgan fingerprint density at radius 2 is 1.94 bits per heavy atom. The van der Waals surface area contributed by atoms with Crippen LogP contribution in [0.15, 0.2) is 53.1 Å². The topological polar surface area (TPSA) is 25.2 Å². The summed E-state index contributed by atoms with van der Waals surface area (Å²) in [5.74, 6) is 7.20. The SMILES string of the molecule is C(#Cc1ccccc1)CNCCc1ccco1. The Kier molecular flexibility index (Phi) is 4.45. The zero-order valence-corrected chi connectivity index (χ0v) is 9.65. The van der Waals surface area contributed by atoms with E-state index >= 15 is 0 Å². The zero-order chi connectivity index (χ0) is 11.8. The molecule has 1 aromatic carbocycles. The van der Waals surface area contributed by atoms with Crippen LogP contribution < -0.4 is 5.32 Å². The molecule has 2 nitrogen and oxygen atoms in total. The van der Waals surface area contributed by atoms with Crippen molar-refractivity contribution in [3.63, 3.8) is 0 Å². The van der Waals surface area contributed by atoms with Crippen molar-refractivity contribution in [1.29, 1.82) is 0 Å². The summed E-state index contributed by atoms with van der Waals surface area (Å²) in [5.41, 5.74) is 1.06. The van der Waals surface area contributed by atoms with E-state index < -0.39 is 0 Å². The first-order valence-electron chi connectivity index (χ1n) is 5.72. The maximum atomic E-state index is 5.23. The summed E-state index contributed by atoms with van der Waals surface area (Å²) in [7, 11) is 0. The predicted molar refractivity (Wildman–Crippen MR) is 68.6 cm³/mol. The molecule has 0 radical (unpaired) electrons. The maximum absolute atomic E-state index is 5.23. The zero-order valence-electron chi connectivity index (χ0n) is 9.65. The van der Waals surface area contributed by atoms with Gasteiger partial charge in [0.1, 0.15) is 5.76 Å². The van der Waals surface area contributed by atoms with E-state index in [0.29, 0.717) is 6.54 Å². The Hall–Kier alpha value is -1.98. The van der Waals surface area contributed by atoms with Crippen molar-refractivity contribution in [1.82, 2.24) is 5.32 Å². The molecule has 86 valence electrons. The van der Waals surface area contributed by atoms with Gasteiger partial charge in [-0.25, -0.2) is 0 Å². The lowest BCUT2D eigenvalue weighted by molar-refractivity contribution is 0.502. The summed E-state index contributed by atoms with van der Waals surface area (Å²) < 4.78 is 5.23. The number of hydrogen-bond donors (Lipinski definition) is 1. The van der Waals surface area contributed by atoms with Crippen molar-refractivity contribution in [3.05, 3.63) is 60.1 Å². The second-order valence-corrected chi connectivity index (χ2v) is 3.67. The lowest BCUT2D eigenvalue weighted by Gasteiger charge is -1.97. The molecule has 0 aliphatic rings. The largest absolute Gasteiger partial charge is 0.469 e. The van der Waals surface area contributed by atoms with Crippen LogP contribution in [0.5, 0.6) is 0 Å². The number of rotatable bonds is 4. The summed E-state index contributed by atoms with van der Waals surface area (Å²) in [6, 6.07) is 13.9. The van der Waals surface area contributed by atoms with Gasteiger partial charge in [-0.1, -0.05) is 30.0 Å². The van der Waals surface area contributed by atoms with Crippen LogP contribution in [-0.4, -0.2) is 13.1 Å². The van der Waals surface area contributed by atoms with E-state index in [1.54, 1.807) is 6.26 Å². The minimum Gasteiger partial charge on any atom is -0.469 e. The lowest BCUT2D eigenvalue weighted by atomic mass is 10.2. The van der Waals surface area contributed by atoms with Crippen molar-refractivity contribution < 1.29 is 4.42 Å². The highest BCUT2D eigenvalue weighted by Crippen LogP contribution is 1.99. The molecule has 0 atom stereocenters. The van der Waals surface area contributed by atoms with E-state index in [1.807, 2.05) is 42.5 Å². The highest BCUT2D eigenvalue weighted by atomic mass is 16.3. The molecular formula is C15H15NO. The summed E-state index contributed by atoms with van der Waals surface area (Å²) in [6.07, 6.45) is 2.60. The van der Waals surface area contributed by atoms with Gasteiger partial charge in [0.15, 0.2) is 0 Å². The van der Waals surface area contributed by atoms with E-state index in [9.17, 15) is 0 Å². The van der Waals surface area contributed by atoms with Crippen LogP contribution in [-0.2, 0) is 6.42 Å². The minimum absolute atomic E-state index is 0.704. The van der Waals surface area contributed by atoms with Crippen molar-refractivity contribution in [2.45, 2.75) is 6.42 Å². The highest BCUT2D eigenvalue weighted by Gasteiger charge is 1.92. The number of benzene rings is 1. The Bertz CT molecular complexity index is 477. The molecule has 0 bridgehead atoms. The Morgan fingerprint density at radius 3 is 2.71 bits per heavy atom. The van der Waals surface area contributed by atoms with Gasteiger partial charge in [0.05, 0.1) is 12.8 Å². The average molecular weight is 225 g/mol. The van der Waals surface area contributed by atoms with Crippen LogP contribution in [0.4, 0.5) is 0 Å². The van der Waals surface area contributed by atoms with Crippen LogP contribution in [0.25, 0.3) is 0 Å². The van der Waals surface area contributed by atoms with Crippen molar-refractivity contribution in [2.75, 3.05) is 13.1 Å². The van der Waals surface area contributed by atoms with E-state index in [0.717, 1.165) is 24.3 Å². The standard InChI is InChI=1S/C15H15NO/c1-2-6-14(7-3-1)8-4-11-16-12-10-15-9-5-13-17-15/h1-3,5-7,9,13,16H,10-12H2. The molecule has 1 N–H and O–H groups in total. The van der Waals surface area contributed by atoms with Crippen molar-refractivity contribution in [3.8, 4) is 11.8 Å². The quantitative estimate of drug-likeness (QED) is 0.638. The van der Waals surface area contributed by atoms with Gasteiger partial charge in [0.2, 0.25) is 0 Å². The van der Waals surface area contributed by atoms with Crippen molar-refractivity contribution >= 4 is 0 Å². The fourth-order valence-electron chi connectivity index (χ4n) is 1.49. The van der Waals surface area contributed by atoms with Gasteiger partial charge >= 0.3 is 0 Å². The van der Waals surface area contributed by atoms with Crippen LogP contribution in [0, 0.1) is 11.8 Å². The van der Waals surface area contributed by atoms with Gasteiger partial charge in [0.25, 0.3) is 0 Å². The molecule has 0 aliphatic heterocycles. The number of nitrogens with one attached hydrogen (secondary N) is 1. The van der Waals surface area contributed by atoms with E-state index in [4.69, 9.17) is 4.42 Å². The normalized spacial score (nSPS) is 9.65. The monoisotopic (exact) mass is 225 g/mol. The van der Waals surface area contributed by atoms with Gasteiger partial charge in [-0.05, 0) is 24.3 Å². The summed E-state index contributed by atoms with van der Waals surface area (Å²) in [4.78, 5) is 0. The second-order valence-electron chi connectivity index (χ2n) is 3.67. The molecule has 0 aliphatic carbocycles. The van der Waals surface area contributed by atoms with Gasteiger partial charge < -0.3 is 9.73 Å². The first-order chi connectivity index (χ1) is 8.45. The molecule has 0 unspecified atom stereocenters. The number of hydrogen-bond acceptors (Lipinski definition) is 2. The third-order valence-electron chi connectivity index (χ3n) is 2.35. The van der Waals surface area contributed by atoms with Crippen LogP contribution in [0.2, 0.25) is 0 Å². The van der Waals surface area contributed by atoms with Gasteiger partial charge in [-0.15, -0.1) is 0 Å². The molecule has 17 heavy (non-hydrogen) atoms. The molecule has 1 aromatic heterocycles. The molecule has 0 saturated carbocycles. The molecule has 2 heteroatoms. The average Bonchev–Trinajstić information content (AvgIpc) is 2.88. The van der Waals surface area contributed by atoms with Gasteiger partial charge in [0, 0.05) is 18.5 Å². The summed E-state index contributed by atoms with van der Waals surface area (Å²) in [6.45, 7) is 1.59. The Balaban J connectivity index is 1.65. The summed E-state index contributed by atoms with van der Waals surface area (Å²) in [5, 5.41) is 3.26. The molecule has 0 amide bonds. The van der Waals surface area contributed by atoms with E-state index in [1.165, 1.54) is 0 Å². The van der Waals surface area contributed by atoms with E-state index in [-0.39, 0.29) is 0 Å². The van der Waals surface area contributed by atoms with Crippen LogP contribution >= 0.6 is 0 Å². The fraction of sp³-hybridized carbons (Fsp3) is 0.200. The fourth-order valence-corrected chi connectivity index (χ4v) is 1.49. The third kappa shape index (κ3) is 4.18. The molecular weight excluding hydrogens is 210 g/mol. The first-order valence-corrected chi connectivity index (χ1v) is 5.72. The molecule has 2 aromatic rings. The minimum atomic E-state index is 0.704. The Morgan fingerprint density at radius 1 is 1.06 bits per heavy atom. The van der Waals surface area contributed by atoms with Crippen molar-refractivity contribution in [2.24, 2.45) is 0 Å². The lowest BCUT2D eigenvalue weighted by Crippen LogP contribution is -2.17. The van der Waals surface area contributed by atoms with Crippen LogP contribution in [0.1, 0.15) is 11.3 Å². The van der Waals surface area contributed by atoms with Gasteiger partial charge in [-0.3, -0.25) is 0 Å². The van der Waals surface area contributed by atoms with Gasteiger partial charge in [-0.2, -0.15) is 0 Å². The van der Waals surface area contributed by atoms with Crippen LogP contribution in [0.3, 0.4) is 0 Å². The Labute approximate surface area is 102 Å². The maximum Gasteiger partial charge on any atom is 0.105 e. The van der Waals surface area contributed by atoms with E-state index in [2.05, 4.69) is 17.2 Å². The molecule has 0 fully saturated rings.